The van der Waals surface area contributed by atoms with E-state index in [2.05, 4.69) is 34.7 Å². The molecule has 2 N–H and O–H groups in total. The lowest BCUT2D eigenvalue weighted by Crippen LogP contribution is -2.59. The fraction of sp³-hybridized carbons (Fsp3) is 0.647. The zero-order valence-electron chi connectivity index (χ0n) is 13.0. The van der Waals surface area contributed by atoms with Gasteiger partial charge in [0.2, 0.25) is 0 Å². The second kappa shape index (κ2) is 7.21. The molecule has 1 aliphatic rings. The summed E-state index contributed by atoms with van der Waals surface area (Å²) in [5, 5.41) is 0. The van der Waals surface area contributed by atoms with Gasteiger partial charge in [0.25, 0.3) is 0 Å². The van der Waals surface area contributed by atoms with Crippen LogP contribution < -0.4 is 5.73 Å². The molecule has 118 valence electrons. The van der Waals surface area contributed by atoms with Crippen LogP contribution in [0.1, 0.15) is 45.1 Å². The van der Waals surface area contributed by atoms with E-state index in [9.17, 15) is 4.39 Å². The quantitative estimate of drug-likeness (QED) is 0.830. The van der Waals surface area contributed by atoms with Crippen LogP contribution in [0.3, 0.4) is 0 Å². The first-order chi connectivity index (χ1) is 10.0. The molecule has 0 aromatic heterocycles. The number of rotatable bonds is 6. The van der Waals surface area contributed by atoms with E-state index in [1.807, 2.05) is 6.07 Å². The molecule has 1 heterocycles. The molecule has 1 aromatic carbocycles. The van der Waals surface area contributed by atoms with E-state index in [4.69, 9.17) is 5.73 Å². The molecule has 0 spiro atoms. The average molecular weight is 357 g/mol. The molecule has 0 bridgehead atoms. The highest BCUT2D eigenvalue weighted by Gasteiger charge is 2.40. The molecule has 1 aliphatic heterocycles. The first-order valence-corrected chi connectivity index (χ1v) is 8.77. The number of likely N-dealkylation sites (tertiary alicyclic amines) is 1. The van der Waals surface area contributed by atoms with Crippen LogP contribution in [0.4, 0.5) is 4.39 Å². The van der Waals surface area contributed by atoms with Crippen LogP contribution in [-0.4, -0.2) is 29.6 Å². The van der Waals surface area contributed by atoms with Crippen molar-refractivity contribution in [2.24, 2.45) is 5.73 Å². The predicted octanol–water partition coefficient (Wildman–Crippen LogP) is 4.11. The third-order valence-corrected chi connectivity index (χ3v) is 5.59. The molecule has 2 nitrogen and oxygen atoms in total. The zero-order valence-corrected chi connectivity index (χ0v) is 14.6. The van der Waals surface area contributed by atoms with Gasteiger partial charge in [0, 0.05) is 16.1 Å². The molecule has 1 atom stereocenters. The van der Waals surface area contributed by atoms with Gasteiger partial charge in [-0.2, -0.15) is 0 Å². The fourth-order valence-corrected chi connectivity index (χ4v) is 4.15. The van der Waals surface area contributed by atoms with E-state index in [0.717, 1.165) is 30.4 Å². The van der Waals surface area contributed by atoms with E-state index in [-0.39, 0.29) is 17.4 Å². The summed E-state index contributed by atoms with van der Waals surface area (Å²) in [5.41, 5.74) is 7.28. The average Bonchev–Trinajstić information content (AvgIpc) is 2.99. The van der Waals surface area contributed by atoms with Crippen molar-refractivity contribution in [2.45, 2.75) is 57.5 Å². The van der Waals surface area contributed by atoms with Crippen molar-refractivity contribution < 1.29 is 4.39 Å². The lowest BCUT2D eigenvalue weighted by molar-refractivity contribution is 0.0765. The van der Waals surface area contributed by atoms with E-state index in [1.54, 1.807) is 6.07 Å². The zero-order chi connectivity index (χ0) is 15.5. The number of nitrogens with zero attached hydrogens (tertiary/aromatic N) is 1. The Bertz CT molecular complexity index is 468. The van der Waals surface area contributed by atoms with Crippen molar-refractivity contribution in [2.75, 3.05) is 13.1 Å². The van der Waals surface area contributed by atoms with Gasteiger partial charge >= 0.3 is 0 Å². The molecule has 21 heavy (non-hydrogen) atoms. The van der Waals surface area contributed by atoms with Crippen molar-refractivity contribution in [3.63, 3.8) is 0 Å². The summed E-state index contributed by atoms with van der Waals surface area (Å²) in [7, 11) is 0. The first-order valence-electron chi connectivity index (χ1n) is 7.98. The molecule has 1 unspecified atom stereocenters. The maximum Gasteiger partial charge on any atom is 0.126 e. The highest BCUT2D eigenvalue weighted by molar-refractivity contribution is 9.10. The molecule has 0 saturated carbocycles. The van der Waals surface area contributed by atoms with Crippen molar-refractivity contribution in [1.82, 2.24) is 4.90 Å². The Morgan fingerprint density at radius 3 is 2.48 bits per heavy atom. The Morgan fingerprint density at radius 1 is 1.29 bits per heavy atom. The Labute approximate surface area is 136 Å². The smallest absolute Gasteiger partial charge is 0.126 e. The van der Waals surface area contributed by atoms with Gasteiger partial charge in [0.05, 0.1) is 0 Å². The number of hydrogen-bond donors (Lipinski definition) is 1. The van der Waals surface area contributed by atoms with Crippen molar-refractivity contribution in [1.29, 1.82) is 0 Å². The van der Waals surface area contributed by atoms with Gasteiger partial charge in [-0.1, -0.05) is 29.8 Å². The van der Waals surface area contributed by atoms with E-state index < -0.39 is 0 Å². The molecule has 4 heteroatoms. The number of benzene rings is 1. The minimum absolute atomic E-state index is 0.00867. The number of halogens is 2. The van der Waals surface area contributed by atoms with E-state index >= 15 is 0 Å². The molecule has 2 rings (SSSR count). The van der Waals surface area contributed by atoms with Gasteiger partial charge in [-0.25, -0.2) is 4.39 Å². The summed E-state index contributed by atoms with van der Waals surface area (Å²) in [6.07, 6.45) is 5.11. The topological polar surface area (TPSA) is 29.3 Å². The summed E-state index contributed by atoms with van der Waals surface area (Å²) in [5.74, 6) is -0.156. The maximum absolute atomic E-state index is 14.0. The van der Waals surface area contributed by atoms with Crippen LogP contribution in [0, 0.1) is 5.82 Å². The van der Waals surface area contributed by atoms with Gasteiger partial charge in [0.1, 0.15) is 5.82 Å². The SMILES string of the molecule is CCC(CC)(C(N)Cc1cc(Br)ccc1F)N1CCCC1. The van der Waals surface area contributed by atoms with Gasteiger partial charge < -0.3 is 5.73 Å². The second-order valence-corrected chi connectivity index (χ2v) is 6.97. The first kappa shape index (κ1) is 16.9. The molecule has 0 radical (unpaired) electrons. The molecular weight excluding hydrogens is 331 g/mol. The molecule has 1 saturated heterocycles. The van der Waals surface area contributed by atoms with E-state index in [1.165, 1.54) is 18.9 Å². The Morgan fingerprint density at radius 2 is 1.90 bits per heavy atom. The van der Waals surface area contributed by atoms with Crippen LogP contribution in [0.5, 0.6) is 0 Å². The van der Waals surface area contributed by atoms with Gasteiger partial charge in [-0.05, 0) is 69.0 Å². The largest absolute Gasteiger partial charge is 0.326 e. The molecule has 1 aromatic rings. The summed E-state index contributed by atoms with van der Waals surface area (Å²) in [6.45, 7) is 6.66. The summed E-state index contributed by atoms with van der Waals surface area (Å²) in [4.78, 5) is 2.54. The number of nitrogens with two attached hydrogens (primary N) is 1. The summed E-state index contributed by atoms with van der Waals surface area (Å²) in [6, 6.07) is 5.06. The minimum atomic E-state index is -0.156. The van der Waals surface area contributed by atoms with Gasteiger partial charge in [-0.3, -0.25) is 4.90 Å². The molecule has 0 aliphatic carbocycles. The second-order valence-electron chi connectivity index (χ2n) is 6.05. The van der Waals surface area contributed by atoms with Crippen molar-refractivity contribution >= 4 is 15.9 Å². The minimum Gasteiger partial charge on any atom is -0.326 e. The third-order valence-electron chi connectivity index (χ3n) is 5.10. The van der Waals surface area contributed by atoms with Crippen molar-refractivity contribution in [3.8, 4) is 0 Å². The third kappa shape index (κ3) is 3.49. The van der Waals surface area contributed by atoms with Gasteiger partial charge in [-0.15, -0.1) is 0 Å². The summed E-state index contributed by atoms with van der Waals surface area (Å²) < 4.78 is 14.9. The van der Waals surface area contributed by atoms with E-state index in [0.29, 0.717) is 12.0 Å². The predicted molar refractivity (Wildman–Crippen MR) is 89.9 cm³/mol. The van der Waals surface area contributed by atoms with Crippen LogP contribution in [-0.2, 0) is 6.42 Å². The molecule has 0 amide bonds. The standard InChI is InChI=1S/C17H26BrFN2/c1-3-17(4-2,21-9-5-6-10-21)16(20)12-13-11-14(18)7-8-15(13)19/h7-8,11,16H,3-6,9-10,12,20H2,1-2H3. The Balaban J connectivity index is 2.22. The van der Waals surface area contributed by atoms with Gasteiger partial charge in [0.15, 0.2) is 0 Å². The Kier molecular flexibility index (Phi) is 5.81. The Hall–Kier alpha value is -0.450. The normalized spacial score (nSPS) is 18.1. The lowest BCUT2D eigenvalue weighted by atomic mass is 9.80. The number of hydrogen-bond acceptors (Lipinski definition) is 2. The fourth-order valence-electron chi connectivity index (χ4n) is 3.75. The lowest BCUT2D eigenvalue weighted by Gasteiger charge is -2.45. The maximum atomic E-state index is 14.0. The highest BCUT2D eigenvalue weighted by Crippen LogP contribution is 2.32. The molecular formula is C17H26BrFN2. The molecule has 1 fully saturated rings. The monoisotopic (exact) mass is 356 g/mol. The van der Waals surface area contributed by atoms with Crippen LogP contribution in [0.2, 0.25) is 0 Å². The summed E-state index contributed by atoms with van der Waals surface area (Å²) >= 11 is 3.42. The van der Waals surface area contributed by atoms with Crippen LogP contribution in [0.15, 0.2) is 22.7 Å². The van der Waals surface area contributed by atoms with Crippen molar-refractivity contribution in [3.05, 3.63) is 34.1 Å². The van der Waals surface area contributed by atoms with Crippen LogP contribution >= 0.6 is 15.9 Å². The van der Waals surface area contributed by atoms with Crippen LogP contribution in [0.25, 0.3) is 0 Å². The highest BCUT2D eigenvalue weighted by atomic mass is 79.9.